The number of aliphatic hydroxyl groups excluding tert-OH is 1. The Kier molecular flexibility index (Phi) is 8.35. The Morgan fingerprint density at radius 2 is 1.95 bits per heavy atom. The van der Waals surface area contributed by atoms with E-state index in [1.165, 1.54) is 16.1 Å². The molecule has 0 aromatic heterocycles. The summed E-state index contributed by atoms with van der Waals surface area (Å²) < 4.78 is 27.5. The van der Waals surface area contributed by atoms with E-state index in [9.17, 15) is 23.1 Å². The minimum Gasteiger partial charge on any atom is -0.465 e. The first-order valence-electron chi connectivity index (χ1n) is 12.9. The second-order valence-electron chi connectivity index (χ2n) is 10.2. The number of carbonyl (C=O) groups excluding carboxylic acids is 1. The van der Waals surface area contributed by atoms with E-state index in [-0.39, 0.29) is 38.7 Å². The lowest BCUT2D eigenvalue weighted by atomic mass is 9.88. The van der Waals surface area contributed by atoms with E-state index in [4.69, 9.17) is 10.1 Å². The molecule has 10 nitrogen and oxygen atoms in total. The van der Waals surface area contributed by atoms with Crippen LogP contribution in [0.15, 0.2) is 28.6 Å². The van der Waals surface area contributed by atoms with Gasteiger partial charge in [-0.15, -0.1) is 0 Å². The average Bonchev–Trinajstić information content (AvgIpc) is 3.19. The van der Waals surface area contributed by atoms with Gasteiger partial charge in [0.15, 0.2) is 0 Å². The van der Waals surface area contributed by atoms with Crippen LogP contribution in [0.4, 0.5) is 4.79 Å². The predicted octanol–water partition coefficient (Wildman–Crippen LogP) is 2.71. The summed E-state index contributed by atoms with van der Waals surface area (Å²) >= 11 is 0. The number of piperidine rings is 1. The highest BCUT2D eigenvalue weighted by molar-refractivity contribution is 7.92. The Hall–Kier alpha value is -2.76. The molecule has 1 saturated carbocycles. The van der Waals surface area contributed by atoms with Crippen LogP contribution >= 0.6 is 0 Å². The van der Waals surface area contributed by atoms with Crippen LogP contribution in [0.2, 0.25) is 0 Å². The van der Waals surface area contributed by atoms with Crippen molar-refractivity contribution in [2.45, 2.75) is 64.0 Å². The van der Waals surface area contributed by atoms with Gasteiger partial charge in [-0.25, -0.2) is 13.2 Å². The fraction of sp³-hybridized carbons (Fsp3) is 0.577. The van der Waals surface area contributed by atoms with Crippen LogP contribution in [0, 0.1) is 12.8 Å². The van der Waals surface area contributed by atoms with Crippen molar-refractivity contribution in [3.8, 4) is 0 Å². The van der Waals surface area contributed by atoms with E-state index in [2.05, 4.69) is 5.32 Å². The molecule has 3 N–H and O–H groups in total. The number of nitrogens with zero attached hydrogens (tertiary/aromatic N) is 3. The molecule has 2 amide bonds. The second-order valence-corrected chi connectivity index (χ2v) is 12.0. The summed E-state index contributed by atoms with van der Waals surface area (Å²) in [5.74, 6) is 0.998. The number of aliphatic hydroxyl groups is 1. The first kappa shape index (κ1) is 27.3. The van der Waals surface area contributed by atoms with E-state index < -0.39 is 21.7 Å². The fourth-order valence-electron chi connectivity index (χ4n) is 5.41. The van der Waals surface area contributed by atoms with Gasteiger partial charge in [0, 0.05) is 37.5 Å². The number of benzene rings is 1. The molecule has 0 unspecified atom stereocenters. The van der Waals surface area contributed by atoms with E-state index >= 15 is 0 Å². The zero-order chi connectivity index (χ0) is 26.6. The fourth-order valence-corrected chi connectivity index (χ4v) is 6.59. The van der Waals surface area contributed by atoms with Gasteiger partial charge in [0.2, 0.25) is 10.0 Å². The number of hydrogen-bond acceptors (Lipinski definition) is 6. The van der Waals surface area contributed by atoms with Crippen molar-refractivity contribution < 1.29 is 28.2 Å². The van der Waals surface area contributed by atoms with Gasteiger partial charge in [-0.05, 0) is 55.4 Å². The minimum absolute atomic E-state index is 0.0142. The van der Waals surface area contributed by atoms with Crippen molar-refractivity contribution >= 4 is 33.9 Å². The van der Waals surface area contributed by atoms with E-state index in [0.29, 0.717) is 24.3 Å². The summed E-state index contributed by atoms with van der Waals surface area (Å²) in [5, 5.41) is 22.5. The zero-order valence-corrected chi connectivity index (χ0v) is 22.0. The lowest BCUT2D eigenvalue weighted by Crippen LogP contribution is -2.50. The highest BCUT2D eigenvalue weighted by Crippen LogP contribution is 2.35. The molecule has 1 spiro atoms. The Balaban J connectivity index is 1.39. The number of rotatable bonds is 8. The monoisotopic (exact) mass is 532 g/mol. The van der Waals surface area contributed by atoms with Crippen LogP contribution in [0.1, 0.15) is 61.6 Å². The molecule has 1 aromatic carbocycles. The van der Waals surface area contributed by atoms with E-state index in [0.717, 1.165) is 47.5 Å². The van der Waals surface area contributed by atoms with Crippen LogP contribution in [0.3, 0.4) is 0 Å². The Morgan fingerprint density at radius 3 is 2.57 bits per heavy atom. The first-order chi connectivity index (χ1) is 17.6. The highest BCUT2D eigenvalue weighted by Gasteiger charge is 2.48. The Bertz CT molecular complexity index is 1180. The van der Waals surface area contributed by atoms with Crippen molar-refractivity contribution in [1.82, 2.24) is 14.5 Å². The third-order valence-corrected chi connectivity index (χ3v) is 9.23. The third-order valence-electron chi connectivity index (χ3n) is 7.67. The van der Waals surface area contributed by atoms with Crippen molar-refractivity contribution in [2.24, 2.45) is 10.9 Å². The average molecular weight is 533 g/mol. The number of carbonyl (C=O) groups is 2. The molecule has 1 saturated heterocycles. The maximum Gasteiger partial charge on any atom is 0.407 e. The van der Waals surface area contributed by atoms with Crippen molar-refractivity contribution in [3.63, 3.8) is 0 Å². The van der Waals surface area contributed by atoms with Gasteiger partial charge in [-0.2, -0.15) is 4.31 Å². The topological polar surface area (TPSA) is 140 Å². The molecule has 0 atom stereocenters. The van der Waals surface area contributed by atoms with E-state index in [1.54, 1.807) is 18.2 Å². The molecule has 2 fully saturated rings. The number of amidine groups is 1. The lowest BCUT2D eigenvalue weighted by Gasteiger charge is -2.34. The number of aryl methyl sites for hydroxylation is 1. The maximum atomic E-state index is 13.0. The summed E-state index contributed by atoms with van der Waals surface area (Å²) in [5.41, 5.74) is 1.41. The molecular formula is C26H36N4O6S. The molecule has 0 radical (unpaired) electrons. The summed E-state index contributed by atoms with van der Waals surface area (Å²) in [7, 11) is -3.68. The second kappa shape index (κ2) is 11.3. The number of sulfonamides is 1. The van der Waals surface area contributed by atoms with Gasteiger partial charge < -0.3 is 20.4 Å². The van der Waals surface area contributed by atoms with Crippen LogP contribution in [0.5, 0.6) is 0 Å². The number of carboxylic acid groups (broad SMARTS) is 1. The summed E-state index contributed by atoms with van der Waals surface area (Å²) in [6, 6.07) is 5.31. The molecule has 2 heterocycles. The Morgan fingerprint density at radius 1 is 1.24 bits per heavy atom. The van der Waals surface area contributed by atoms with Gasteiger partial charge in [-0.3, -0.25) is 9.79 Å². The molecule has 0 bridgehead atoms. The lowest BCUT2D eigenvalue weighted by molar-refractivity contribution is -0.125. The van der Waals surface area contributed by atoms with Crippen molar-refractivity contribution in [3.05, 3.63) is 40.3 Å². The molecule has 202 valence electrons. The van der Waals surface area contributed by atoms with Crippen LogP contribution in [-0.4, -0.2) is 77.5 Å². The van der Waals surface area contributed by atoms with Crippen LogP contribution in [-0.2, 0) is 21.4 Å². The molecule has 37 heavy (non-hydrogen) atoms. The molecular weight excluding hydrogens is 496 g/mol. The van der Waals surface area contributed by atoms with Gasteiger partial charge >= 0.3 is 6.09 Å². The van der Waals surface area contributed by atoms with Gasteiger partial charge in [0.05, 0.1) is 6.61 Å². The van der Waals surface area contributed by atoms with Gasteiger partial charge in [0.25, 0.3) is 5.91 Å². The van der Waals surface area contributed by atoms with Gasteiger partial charge in [-0.1, -0.05) is 37.5 Å². The predicted molar refractivity (Wildman–Crippen MR) is 140 cm³/mol. The first-order valence-corrected chi connectivity index (χ1v) is 14.4. The Labute approximate surface area is 218 Å². The van der Waals surface area contributed by atoms with Gasteiger partial charge in [0.1, 0.15) is 11.4 Å². The smallest absolute Gasteiger partial charge is 0.407 e. The molecule has 1 aromatic rings. The van der Waals surface area contributed by atoms with Crippen LogP contribution in [0.25, 0.3) is 6.08 Å². The number of amides is 2. The van der Waals surface area contributed by atoms with Crippen molar-refractivity contribution in [1.29, 1.82) is 0 Å². The van der Waals surface area contributed by atoms with Crippen LogP contribution < -0.4 is 5.32 Å². The molecule has 2 aliphatic heterocycles. The quantitative estimate of drug-likeness (QED) is 0.470. The molecule has 4 rings (SSSR count). The van der Waals surface area contributed by atoms with E-state index in [1.807, 2.05) is 13.0 Å². The number of nitrogens with one attached hydrogen (secondary N) is 1. The zero-order valence-electron chi connectivity index (χ0n) is 21.2. The number of aliphatic imine (C=N–C) groups is 1. The maximum absolute atomic E-state index is 13.0. The summed E-state index contributed by atoms with van der Waals surface area (Å²) in [6.45, 7) is 2.18. The molecule has 1 aliphatic carbocycles. The third kappa shape index (κ3) is 6.22. The molecule has 3 aliphatic rings. The standard InChI is InChI=1S/C26H36N4O6S/c1-19-17-20(18-29(14-15-31)25(33)34)7-8-21(19)9-16-37(35,36)30-12-10-26(11-13-30)24(32)27-23(28-26)22-5-3-2-4-6-22/h7-9,16-17,22,31H,2-6,10-15,18H2,1H3,(H,33,34)(H,27,28,32)/b16-9+. The normalized spacial score (nSPS) is 20.8. The molecule has 11 heteroatoms. The largest absolute Gasteiger partial charge is 0.465 e. The minimum atomic E-state index is -3.68. The van der Waals surface area contributed by atoms with Crippen molar-refractivity contribution in [2.75, 3.05) is 26.2 Å². The summed E-state index contributed by atoms with van der Waals surface area (Å²) in [6.07, 6.45) is 6.77. The SMILES string of the molecule is Cc1cc(CN(CCO)C(=O)O)ccc1/C=C/S(=O)(=O)N1CCC2(CC1)N=C(C1CCCCC1)NC2=O. The highest BCUT2D eigenvalue weighted by atomic mass is 32.2. The number of hydrogen-bond donors (Lipinski definition) is 3. The summed E-state index contributed by atoms with van der Waals surface area (Å²) in [4.78, 5) is 30.1.